The lowest BCUT2D eigenvalue weighted by Gasteiger charge is -2.44. The second-order valence-corrected chi connectivity index (χ2v) is 11.3. The minimum atomic E-state index is -0.288. The van der Waals surface area contributed by atoms with Crippen LogP contribution in [0.3, 0.4) is 0 Å². The summed E-state index contributed by atoms with van der Waals surface area (Å²) < 4.78 is 7.13. The van der Waals surface area contributed by atoms with E-state index < -0.39 is 0 Å². The molecule has 2 amide bonds. The van der Waals surface area contributed by atoms with E-state index in [9.17, 15) is 14.4 Å². The lowest BCUT2D eigenvalue weighted by atomic mass is 9.83. The molecule has 1 fully saturated rings. The van der Waals surface area contributed by atoms with Gasteiger partial charge in [0, 0.05) is 60.0 Å². The Morgan fingerprint density at radius 2 is 1.69 bits per heavy atom. The molecule has 2 bridgehead atoms. The standard InChI is InChI=1S/C33H31ClN4O4/c1-42-27-11-8-23(9-12-27)33(41)36-28-16-24(32(40)35-17-21-4-2-5-26(34)15-21)10-13-30(28)37-18-22-14-25(20-37)29-6-3-7-31(39)38(29)19-22/h2-13,15-16,22,25H,14,17-20H2,1H3,(H,35,40)(H,36,41). The molecule has 1 saturated heterocycles. The van der Waals surface area contributed by atoms with Crippen LogP contribution in [0, 0.1) is 5.92 Å². The monoisotopic (exact) mass is 582 g/mol. The maximum Gasteiger partial charge on any atom is 0.255 e. The van der Waals surface area contributed by atoms with Gasteiger partial charge in [-0.05, 0) is 78.6 Å². The molecule has 3 aromatic carbocycles. The molecule has 1 aromatic heterocycles. The highest BCUT2D eigenvalue weighted by atomic mass is 35.5. The third kappa shape index (κ3) is 5.76. The minimum Gasteiger partial charge on any atom is -0.497 e. The van der Waals surface area contributed by atoms with E-state index in [-0.39, 0.29) is 23.3 Å². The SMILES string of the molecule is COc1ccc(C(=O)Nc2cc(C(=O)NCc3cccc(Cl)c3)ccc2N2CC3CC(C2)c2cccc(=O)n2C3)cc1. The largest absolute Gasteiger partial charge is 0.497 e. The number of nitrogens with zero attached hydrogens (tertiary/aromatic N) is 2. The summed E-state index contributed by atoms with van der Waals surface area (Å²) in [6.07, 6.45) is 1.01. The molecule has 2 aliphatic rings. The second-order valence-electron chi connectivity index (χ2n) is 10.8. The van der Waals surface area contributed by atoms with Crippen molar-refractivity contribution in [3.05, 3.63) is 123 Å². The van der Waals surface area contributed by atoms with Gasteiger partial charge < -0.3 is 24.8 Å². The van der Waals surface area contributed by atoms with Gasteiger partial charge in [0.25, 0.3) is 17.4 Å². The van der Waals surface area contributed by atoms with Crippen LogP contribution in [-0.2, 0) is 13.1 Å². The summed E-state index contributed by atoms with van der Waals surface area (Å²) >= 11 is 6.09. The van der Waals surface area contributed by atoms with Crippen LogP contribution in [0.1, 0.15) is 44.3 Å². The summed E-state index contributed by atoms with van der Waals surface area (Å²) in [5.74, 6) is 0.596. The first-order valence-corrected chi connectivity index (χ1v) is 14.3. The van der Waals surface area contributed by atoms with E-state index in [2.05, 4.69) is 15.5 Å². The van der Waals surface area contributed by atoms with Gasteiger partial charge in [0.1, 0.15) is 5.75 Å². The Morgan fingerprint density at radius 3 is 2.48 bits per heavy atom. The van der Waals surface area contributed by atoms with E-state index in [1.165, 1.54) is 0 Å². The van der Waals surface area contributed by atoms with Gasteiger partial charge in [-0.15, -0.1) is 0 Å². The van der Waals surface area contributed by atoms with Crippen molar-refractivity contribution in [2.75, 3.05) is 30.4 Å². The molecule has 8 nitrogen and oxygen atoms in total. The molecule has 3 heterocycles. The van der Waals surface area contributed by atoms with Crippen LogP contribution in [0.25, 0.3) is 0 Å². The molecule has 2 aliphatic heterocycles. The number of amides is 2. The zero-order valence-electron chi connectivity index (χ0n) is 23.2. The average molecular weight is 583 g/mol. The molecule has 6 rings (SSSR count). The first-order valence-electron chi connectivity index (χ1n) is 13.9. The van der Waals surface area contributed by atoms with Crippen LogP contribution in [0.4, 0.5) is 11.4 Å². The summed E-state index contributed by atoms with van der Waals surface area (Å²) in [4.78, 5) is 41.3. The van der Waals surface area contributed by atoms with Crippen molar-refractivity contribution in [2.24, 2.45) is 5.92 Å². The van der Waals surface area contributed by atoms with Gasteiger partial charge in [-0.2, -0.15) is 0 Å². The molecule has 0 spiro atoms. The predicted octanol–water partition coefficient (Wildman–Crippen LogP) is 5.32. The van der Waals surface area contributed by atoms with Gasteiger partial charge in [-0.3, -0.25) is 14.4 Å². The summed E-state index contributed by atoms with van der Waals surface area (Å²) in [7, 11) is 1.58. The molecule has 9 heteroatoms. The lowest BCUT2D eigenvalue weighted by molar-refractivity contribution is 0.0949. The number of benzene rings is 3. The van der Waals surface area contributed by atoms with Gasteiger partial charge in [0.05, 0.1) is 18.5 Å². The van der Waals surface area contributed by atoms with Crippen molar-refractivity contribution < 1.29 is 14.3 Å². The number of halogens is 1. The second kappa shape index (κ2) is 11.7. The zero-order valence-corrected chi connectivity index (χ0v) is 23.9. The maximum atomic E-state index is 13.3. The first kappa shape index (κ1) is 27.6. The predicted molar refractivity (Wildman–Crippen MR) is 164 cm³/mol. The van der Waals surface area contributed by atoms with Crippen molar-refractivity contribution >= 4 is 34.8 Å². The quantitative estimate of drug-likeness (QED) is 0.308. The van der Waals surface area contributed by atoms with Crippen LogP contribution in [0.2, 0.25) is 5.02 Å². The number of hydrogen-bond donors (Lipinski definition) is 2. The molecule has 0 saturated carbocycles. The normalized spacial score (nSPS) is 17.2. The Balaban J connectivity index is 1.29. The molecular weight excluding hydrogens is 552 g/mol. The Labute approximate surface area is 248 Å². The van der Waals surface area contributed by atoms with Crippen molar-refractivity contribution in [3.8, 4) is 5.75 Å². The van der Waals surface area contributed by atoms with Gasteiger partial charge in [-0.25, -0.2) is 0 Å². The topological polar surface area (TPSA) is 92.7 Å². The van der Waals surface area contributed by atoms with Crippen LogP contribution in [0.5, 0.6) is 5.75 Å². The number of hydrogen-bond acceptors (Lipinski definition) is 5. The number of methoxy groups -OCH3 is 1. The van der Waals surface area contributed by atoms with Crippen molar-refractivity contribution in [3.63, 3.8) is 0 Å². The van der Waals surface area contributed by atoms with Crippen molar-refractivity contribution in [2.45, 2.75) is 25.4 Å². The number of anilines is 2. The molecule has 2 N–H and O–H groups in total. The fourth-order valence-electron chi connectivity index (χ4n) is 6.01. The fraction of sp³-hybridized carbons (Fsp3) is 0.242. The number of nitrogens with one attached hydrogen (secondary N) is 2. The van der Waals surface area contributed by atoms with Crippen molar-refractivity contribution in [1.29, 1.82) is 0 Å². The first-order chi connectivity index (χ1) is 20.4. The van der Waals surface area contributed by atoms with E-state index in [1.54, 1.807) is 55.6 Å². The Bertz CT molecular complexity index is 1700. The zero-order chi connectivity index (χ0) is 29.2. The van der Waals surface area contributed by atoms with Crippen LogP contribution < -0.4 is 25.8 Å². The number of pyridine rings is 1. The number of aromatic nitrogens is 1. The van der Waals surface area contributed by atoms with Crippen LogP contribution in [0.15, 0.2) is 89.7 Å². The number of rotatable bonds is 7. The van der Waals surface area contributed by atoms with E-state index in [1.807, 2.05) is 41.0 Å². The highest BCUT2D eigenvalue weighted by Gasteiger charge is 2.35. The third-order valence-corrected chi connectivity index (χ3v) is 8.26. The third-order valence-electron chi connectivity index (χ3n) is 8.02. The van der Waals surface area contributed by atoms with Gasteiger partial charge in [0.2, 0.25) is 0 Å². The van der Waals surface area contributed by atoms with Gasteiger partial charge >= 0.3 is 0 Å². The van der Waals surface area contributed by atoms with E-state index >= 15 is 0 Å². The number of fused-ring (bicyclic) bond motifs is 4. The number of piperidine rings is 1. The Morgan fingerprint density at radius 1 is 0.905 bits per heavy atom. The minimum absolute atomic E-state index is 0.0382. The summed E-state index contributed by atoms with van der Waals surface area (Å²) in [5, 5.41) is 6.61. The van der Waals surface area contributed by atoms with Crippen molar-refractivity contribution in [1.82, 2.24) is 9.88 Å². The number of carbonyl (C=O) groups excluding carboxylic acids is 2. The van der Waals surface area contributed by atoms with Crippen LogP contribution in [-0.4, -0.2) is 36.6 Å². The molecule has 2 unspecified atom stereocenters. The molecule has 42 heavy (non-hydrogen) atoms. The highest BCUT2D eigenvalue weighted by molar-refractivity contribution is 6.30. The Kier molecular flexibility index (Phi) is 7.71. The maximum absolute atomic E-state index is 13.3. The average Bonchev–Trinajstić information content (AvgIpc) is 3.00. The fourth-order valence-corrected chi connectivity index (χ4v) is 6.23. The molecule has 214 valence electrons. The molecule has 2 atom stereocenters. The van der Waals surface area contributed by atoms with E-state index in [0.29, 0.717) is 53.1 Å². The van der Waals surface area contributed by atoms with Gasteiger partial charge in [-0.1, -0.05) is 29.8 Å². The highest BCUT2D eigenvalue weighted by Crippen LogP contribution is 2.39. The Hall–Kier alpha value is -4.56. The smallest absolute Gasteiger partial charge is 0.255 e. The van der Waals surface area contributed by atoms with Crippen LogP contribution >= 0.6 is 11.6 Å². The summed E-state index contributed by atoms with van der Waals surface area (Å²) in [5.41, 5.74) is 4.27. The van der Waals surface area contributed by atoms with E-state index in [4.69, 9.17) is 16.3 Å². The molecule has 0 aliphatic carbocycles. The number of ether oxygens (including phenoxy) is 1. The summed E-state index contributed by atoms with van der Waals surface area (Å²) in [6.45, 7) is 2.43. The molecule has 4 aromatic rings. The lowest BCUT2D eigenvalue weighted by Crippen LogP contribution is -2.47. The summed E-state index contributed by atoms with van der Waals surface area (Å²) in [6, 6.07) is 25.1. The molecular formula is C33H31ClN4O4. The number of carbonyl (C=O) groups is 2. The van der Waals surface area contributed by atoms with Gasteiger partial charge in [0.15, 0.2) is 0 Å². The molecule has 0 radical (unpaired) electrons. The van der Waals surface area contributed by atoms with E-state index in [0.717, 1.165) is 29.9 Å².